The summed E-state index contributed by atoms with van der Waals surface area (Å²) in [6.45, 7) is 0. The molecule has 1 nitrogen and oxygen atoms in total. The molecule has 8 heteroatoms. The van der Waals surface area contributed by atoms with Crippen LogP contribution in [0.15, 0.2) is 51.0 Å². The average Bonchev–Trinajstić information content (AvgIpc) is 2.94. The lowest BCUT2D eigenvalue weighted by molar-refractivity contribution is 1.26. The molecule has 0 aliphatic rings. The highest BCUT2D eigenvalue weighted by molar-refractivity contribution is 9.15. The third-order valence-corrected chi connectivity index (χ3v) is 11.4. The number of thiazole rings is 1. The number of halogens is 5. The fourth-order valence-electron chi connectivity index (χ4n) is 1.82. The first-order valence-corrected chi connectivity index (χ1v) is 11.7. The minimum Gasteiger partial charge on any atom is -0.230 e. The van der Waals surface area contributed by atoms with E-state index in [1.54, 1.807) is 23.1 Å². The van der Waals surface area contributed by atoms with E-state index in [0.29, 0.717) is 0 Å². The maximum absolute atomic E-state index is 4.67. The summed E-state index contributed by atoms with van der Waals surface area (Å²) in [6.07, 6.45) is 0. The topological polar surface area (TPSA) is 12.9 Å². The number of aromatic nitrogens is 1. The number of nitrogens with zero attached hydrogens (tertiary/aromatic N) is 1. The molecule has 0 saturated heterocycles. The van der Waals surface area contributed by atoms with Crippen molar-refractivity contribution >= 4 is 113 Å². The van der Waals surface area contributed by atoms with Gasteiger partial charge in [0.2, 0.25) is 0 Å². The average molecular weight is 652 g/mol. The van der Waals surface area contributed by atoms with E-state index >= 15 is 0 Å². The van der Waals surface area contributed by atoms with Crippen molar-refractivity contribution in [1.29, 1.82) is 0 Å². The molecular weight excluding hydrogens is 646 g/mol. The van der Waals surface area contributed by atoms with Crippen molar-refractivity contribution in [3.63, 3.8) is 0 Å². The molecule has 0 radical (unpaired) electrons. The van der Waals surface area contributed by atoms with Crippen LogP contribution < -0.4 is 0 Å². The summed E-state index contributed by atoms with van der Waals surface area (Å²) < 4.78 is 7.38. The number of benzene rings is 2. The van der Waals surface area contributed by atoms with E-state index < -0.39 is 0 Å². The van der Waals surface area contributed by atoms with E-state index in [1.165, 1.54) is 10.3 Å². The molecule has 3 rings (SSSR count). The summed E-state index contributed by atoms with van der Waals surface area (Å²) in [5, 5.41) is 0. The van der Waals surface area contributed by atoms with Crippen molar-refractivity contribution in [3.8, 4) is 0 Å². The van der Waals surface area contributed by atoms with Crippen molar-refractivity contribution in [2.75, 3.05) is 0 Å². The SMILES string of the molecule is Brc1c(Br)c(Br)c(CSc2nc3ccccc3s2)c(Br)c1Br. The molecule has 22 heavy (non-hydrogen) atoms. The zero-order valence-electron chi connectivity index (χ0n) is 10.7. The molecule has 0 bridgehead atoms. The molecule has 114 valence electrons. The minimum atomic E-state index is 0.825. The summed E-state index contributed by atoms with van der Waals surface area (Å²) in [4.78, 5) is 4.67. The lowest BCUT2D eigenvalue weighted by atomic mass is 10.2. The predicted molar refractivity (Wildman–Crippen MR) is 114 cm³/mol. The van der Waals surface area contributed by atoms with Crippen LogP contribution in [-0.2, 0) is 5.75 Å². The number of para-hydroxylation sites is 1. The zero-order valence-corrected chi connectivity index (χ0v) is 20.2. The van der Waals surface area contributed by atoms with E-state index in [-0.39, 0.29) is 0 Å². The Morgan fingerprint density at radius 3 is 2.09 bits per heavy atom. The zero-order chi connectivity index (χ0) is 15.9. The lowest BCUT2D eigenvalue weighted by Gasteiger charge is -2.12. The van der Waals surface area contributed by atoms with Crippen LogP contribution in [0.2, 0.25) is 0 Å². The lowest BCUT2D eigenvalue weighted by Crippen LogP contribution is -1.90. The van der Waals surface area contributed by atoms with Gasteiger partial charge in [-0.3, -0.25) is 0 Å². The Bertz CT molecular complexity index is 800. The Balaban J connectivity index is 1.90. The second-order valence-corrected chi connectivity index (χ2v) is 10.5. The van der Waals surface area contributed by atoms with Gasteiger partial charge in [0.25, 0.3) is 0 Å². The largest absolute Gasteiger partial charge is 0.230 e. The Labute approximate surface area is 178 Å². The molecule has 3 aromatic rings. The summed E-state index contributed by atoms with van der Waals surface area (Å²) in [5.74, 6) is 0.825. The Hall–Kier alpha value is 1.08. The predicted octanol–water partition coefficient (Wildman–Crippen LogP) is 8.40. The second-order valence-electron chi connectivity index (χ2n) is 4.28. The fourth-order valence-corrected chi connectivity index (χ4v) is 7.70. The molecular formula is C14H6Br5NS2. The van der Waals surface area contributed by atoms with Crippen molar-refractivity contribution in [3.05, 3.63) is 52.2 Å². The molecule has 0 N–H and O–H groups in total. The van der Waals surface area contributed by atoms with E-state index in [2.05, 4.69) is 96.8 Å². The van der Waals surface area contributed by atoms with Gasteiger partial charge in [-0.05, 0) is 97.3 Å². The number of rotatable bonds is 3. The quantitative estimate of drug-likeness (QED) is 0.160. The maximum atomic E-state index is 4.67. The van der Waals surface area contributed by atoms with Gasteiger partial charge in [0, 0.05) is 28.1 Å². The molecule has 1 aromatic heterocycles. The Morgan fingerprint density at radius 1 is 0.864 bits per heavy atom. The molecule has 1 heterocycles. The van der Waals surface area contributed by atoms with Gasteiger partial charge < -0.3 is 0 Å². The van der Waals surface area contributed by atoms with E-state index in [1.807, 2.05) is 12.1 Å². The van der Waals surface area contributed by atoms with Crippen molar-refractivity contribution in [2.45, 2.75) is 10.1 Å². The number of thioether (sulfide) groups is 1. The van der Waals surface area contributed by atoms with Crippen LogP contribution in [0.4, 0.5) is 0 Å². The van der Waals surface area contributed by atoms with Crippen LogP contribution in [0.1, 0.15) is 5.56 Å². The third kappa shape index (κ3) is 3.53. The molecule has 0 spiro atoms. The van der Waals surface area contributed by atoms with Crippen LogP contribution in [0, 0.1) is 0 Å². The molecule has 0 atom stereocenters. The van der Waals surface area contributed by atoms with Crippen LogP contribution in [0.3, 0.4) is 0 Å². The summed E-state index contributed by atoms with van der Waals surface area (Å²) in [5.41, 5.74) is 2.25. The van der Waals surface area contributed by atoms with Crippen LogP contribution >= 0.6 is 103 Å². The number of hydrogen-bond acceptors (Lipinski definition) is 3. The number of hydrogen-bond donors (Lipinski definition) is 0. The van der Waals surface area contributed by atoms with Gasteiger partial charge >= 0.3 is 0 Å². The van der Waals surface area contributed by atoms with Crippen LogP contribution in [0.5, 0.6) is 0 Å². The molecule has 0 amide bonds. The first-order valence-electron chi connectivity index (χ1n) is 5.97. The highest BCUT2D eigenvalue weighted by Gasteiger charge is 2.18. The molecule has 0 aliphatic heterocycles. The van der Waals surface area contributed by atoms with E-state index in [9.17, 15) is 0 Å². The first-order chi connectivity index (χ1) is 10.5. The van der Waals surface area contributed by atoms with Crippen molar-refractivity contribution < 1.29 is 0 Å². The first kappa shape index (κ1) is 17.9. The fraction of sp³-hybridized carbons (Fsp3) is 0.0714. The molecule has 2 aromatic carbocycles. The van der Waals surface area contributed by atoms with Crippen LogP contribution in [0.25, 0.3) is 10.2 Å². The normalized spacial score (nSPS) is 11.3. The third-order valence-electron chi connectivity index (χ3n) is 2.91. The Morgan fingerprint density at radius 2 is 1.45 bits per heavy atom. The number of fused-ring (bicyclic) bond motifs is 1. The highest BCUT2D eigenvalue weighted by Crippen LogP contribution is 2.46. The van der Waals surface area contributed by atoms with E-state index in [0.717, 1.165) is 38.0 Å². The summed E-state index contributed by atoms with van der Waals surface area (Å²) in [7, 11) is 0. The van der Waals surface area contributed by atoms with Crippen molar-refractivity contribution in [2.24, 2.45) is 0 Å². The molecule has 0 fully saturated rings. The van der Waals surface area contributed by atoms with Gasteiger partial charge in [-0.25, -0.2) is 4.98 Å². The summed E-state index contributed by atoms with van der Waals surface area (Å²) >= 11 is 21.6. The van der Waals surface area contributed by atoms with Crippen LogP contribution in [-0.4, -0.2) is 4.98 Å². The van der Waals surface area contributed by atoms with Gasteiger partial charge in [-0.2, -0.15) is 0 Å². The monoisotopic (exact) mass is 647 g/mol. The molecule has 0 aliphatic carbocycles. The van der Waals surface area contributed by atoms with Gasteiger partial charge in [0.15, 0.2) is 4.34 Å². The molecule has 0 saturated carbocycles. The van der Waals surface area contributed by atoms with Gasteiger partial charge in [0.05, 0.1) is 10.2 Å². The van der Waals surface area contributed by atoms with Gasteiger partial charge in [-0.15, -0.1) is 11.3 Å². The maximum Gasteiger partial charge on any atom is 0.151 e. The smallest absolute Gasteiger partial charge is 0.151 e. The standard InChI is InChI=1S/C14H6Br5NS2/c15-9-6(10(16)12(18)13(19)11(9)17)5-21-14-20-7-3-1-2-4-8(7)22-14/h1-4H,5H2. The highest BCUT2D eigenvalue weighted by atomic mass is 79.9. The minimum absolute atomic E-state index is 0.825. The second kappa shape index (κ2) is 7.54. The van der Waals surface area contributed by atoms with E-state index in [4.69, 9.17) is 0 Å². The summed E-state index contributed by atoms with van der Waals surface area (Å²) in [6, 6.07) is 8.22. The molecule has 0 unspecified atom stereocenters. The van der Waals surface area contributed by atoms with Crippen molar-refractivity contribution in [1.82, 2.24) is 4.98 Å². The van der Waals surface area contributed by atoms with Gasteiger partial charge in [0.1, 0.15) is 0 Å². The Kier molecular flexibility index (Phi) is 6.13. The van der Waals surface area contributed by atoms with Gasteiger partial charge in [-0.1, -0.05) is 23.9 Å².